The molecule has 0 fully saturated rings. The van der Waals surface area contributed by atoms with Gasteiger partial charge >= 0.3 is 0 Å². The van der Waals surface area contributed by atoms with E-state index in [1.165, 1.54) is 0 Å². The van der Waals surface area contributed by atoms with Crippen molar-refractivity contribution in [1.82, 2.24) is 14.8 Å². The van der Waals surface area contributed by atoms with Crippen LogP contribution in [0.2, 0.25) is 0 Å². The normalized spacial score (nSPS) is 10.6. The minimum atomic E-state index is 0.497. The van der Waals surface area contributed by atoms with Crippen molar-refractivity contribution in [3.63, 3.8) is 0 Å². The molecule has 2 N–H and O–H groups in total. The van der Waals surface area contributed by atoms with Crippen LogP contribution in [0.25, 0.3) is 11.3 Å². The van der Waals surface area contributed by atoms with Crippen molar-refractivity contribution in [3.8, 4) is 17.0 Å². The Labute approximate surface area is 107 Å². The molecule has 0 bridgehead atoms. The van der Waals surface area contributed by atoms with Crippen LogP contribution in [0.15, 0.2) is 18.5 Å². The standard InChI is InChI=1S/C13H18N4O/c1-4-5-17-12(11(18-3)8-16-17)10-6-9(2)7-15-13(10)14/h6-8H,4-5H2,1-3H3,(H2,14,15). The van der Waals surface area contributed by atoms with Gasteiger partial charge in [-0.05, 0) is 25.0 Å². The number of anilines is 1. The molecular weight excluding hydrogens is 228 g/mol. The fraction of sp³-hybridized carbons (Fsp3) is 0.385. The lowest BCUT2D eigenvalue weighted by molar-refractivity contribution is 0.415. The van der Waals surface area contributed by atoms with E-state index in [-0.39, 0.29) is 0 Å². The molecule has 2 aromatic rings. The fourth-order valence-electron chi connectivity index (χ4n) is 1.94. The van der Waals surface area contributed by atoms with Gasteiger partial charge in [-0.25, -0.2) is 4.98 Å². The molecule has 0 saturated carbocycles. The summed E-state index contributed by atoms with van der Waals surface area (Å²) in [7, 11) is 1.64. The number of pyridine rings is 1. The number of nitrogens with zero attached hydrogens (tertiary/aromatic N) is 3. The molecule has 2 aromatic heterocycles. The highest BCUT2D eigenvalue weighted by Crippen LogP contribution is 2.33. The second-order valence-corrected chi connectivity index (χ2v) is 4.23. The van der Waals surface area contributed by atoms with Crippen LogP contribution in [-0.2, 0) is 6.54 Å². The van der Waals surface area contributed by atoms with Crippen LogP contribution in [0.1, 0.15) is 18.9 Å². The molecule has 2 rings (SSSR count). The van der Waals surface area contributed by atoms with Gasteiger partial charge in [-0.3, -0.25) is 4.68 Å². The second kappa shape index (κ2) is 5.08. The Hall–Kier alpha value is -2.04. The zero-order chi connectivity index (χ0) is 13.1. The third kappa shape index (κ3) is 2.16. The number of nitrogen functional groups attached to an aromatic ring is 1. The van der Waals surface area contributed by atoms with E-state index in [1.807, 2.05) is 17.7 Å². The first-order chi connectivity index (χ1) is 8.67. The molecule has 5 nitrogen and oxygen atoms in total. The van der Waals surface area contributed by atoms with Crippen molar-refractivity contribution in [2.75, 3.05) is 12.8 Å². The van der Waals surface area contributed by atoms with Gasteiger partial charge in [0.25, 0.3) is 0 Å². The number of hydrogen-bond donors (Lipinski definition) is 1. The Morgan fingerprint density at radius 1 is 1.39 bits per heavy atom. The molecule has 0 radical (unpaired) electrons. The maximum absolute atomic E-state index is 5.96. The summed E-state index contributed by atoms with van der Waals surface area (Å²) in [6.45, 7) is 4.92. The van der Waals surface area contributed by atoms with E-state index in [2.05, 4.69) is 17.0 Å². The van der Waals surface area contributed by atoms with Crippen molar-refractivity contribution in [1.29, 1.82) is 0 Å². The fourth-order valence-corrected chi connectivity index (χ4v) is 1.94. The van der Waals surface area contributed by atoms with Gasteiger partial charge in [-0.2, -0.15) is 5.10 Å². The predicted octanol–water partition coefficient (Wildman–Crippen LogP) is 2.25. The molecule has 0 saturated heterocycles. The first-order valence-electron chi connectivity index (χ1n) is 5.99. The average molecular weight is 246 g/mol. The largest absolute Gasteiger partial charge is 0.493 e. The van der Waals surface area contributed by atoms with Gasteiger partial charge in [-0.1, -0.05) is 6.92 Å². The Morgan fingerprint density at radius 3 is 2.83 bits per heavy atom. The third-order valence-electron chi connectivity index (χ3n) is 2.77. The van der Waals surface area contributed by atoms with Crippen LogP contribution in [0.3, 0.4) is 0 Å². The summed E-state index contributed by atoms with van der Waals surface area (Å²) in [6, 6.07) is 2.01. The van der Waals surface area contributed by atoms with Crippen LogP contribution in [0.4, 0.5) is 5.82 Å². The van der Waals surface area contributed by atoms with Crippen molar-refractivity contribution in [3.05, 3.63) is 24.0 Å². The van der Waals surface area contributed by atoms with Gasteiger partial charge < -0.3 is 10.5 Å². The lowest BCUT2D eigenvalue weighted by Crippen LogP contribution is -2.04. The van der Waals surface area contributed by atoms with Crippen LogP contribution in [-0.4, -0.2) is 21.9 Å². The van der Waals surface area contributed by atoms with Crippen molar-refractivity contribution >= 4 is 5.82 Å². The smallest absolute Gasteiger partial charge is 0.164 e. The first kappa shape index (κ1) is 12.4. The van der Waals surface area contributed by atoms with Crippen LogP contribution < -0.4 is 10.5 Å². The van der Waals surface area contributed by atoms with E-state index in [0.717, 1.165) is 35.5 Å². The van der Waals surface area contributed by atoms with Gasteiger partial charge in [0.05, 0.1) is 13.3 Å². The van der Waals surface area contributed by atoms with E-state index in [9.17, 15) is 0 Å². The number of ether oxygens (including phenoxy) is 1. The number of methoxy groups -OCH3 is 1. The molecule has 5 heteroatoms. The molecular formula is C13H18N4O. The summed E-state index contributed by atoms with van der Waals surface area (Å²) in [4.78, 5) is 4.19. The summed E-state index contributed by atoms with van der Waals surface area (Å²) in [6.07, 6.45) is 4.47. The molecule has 0 aliphatic rings. The van der Waals surface area contributed by atoms with Gasteiger partial charge in [0.2, 0.25) is 0 Å². The minimum absolute atomic E-state index is 0.497. The van der Waals surface area contributed by atoms with Gasteiger partial charge in [0.15, 0.2) is 5.75 Å². The minimum Gasteiger partial charge on any atom is -0.493 e. The molecule has 0 unspecified atom stereocenters. The van der Waals surface area contributed by atoms with Gasteiger partial charge in [0, 0.05) is 18.3 Å². The Morgan fingerprint density at radius 2 is 2.17 bits per heavy atom. The van der Waals surface area contributed by atoms with Crippen LogP contribution in [0.5, 0.6) is 5.75 Å². The number of aryl methyl sites for hydroxylation is 2. The van der Waals surface area contributed by atoms with E-state index in [0.29, 0.717) is 5.82 Å². The maximum atomic E-state index is 5.96. The molecule has 0 aliphatic carbocycles. The van der Waals surface area contributed by atoms with E-state index >= 15 is 0 Å². The predicted molar refractivity (Wildman–Crippen MR) is 71.5 cm³/mol. The highest BCUT2D eigenvalue weighted by molar-refractivity contribution is 5.76. The monoisotopic (exact) mass is 246 g/mol. The summed E-state index contributed by atoms with van der Waals surface area (Å²) >= 11 is 0. The quantitative estimate of drug-likeness (QED) is 0.898. The lowest BCUT2D eigenvalue weighted by atomic mass is 10.1. The maximum Gasteiger partial charge on any atom is 0.164 e. The number of aromatic nitrogens is 3. The summed E-state index contributed by atoms with van der Waals surface area (Å²) < 4.78 is 7.26. The van der Waals surface area contributed by atoms with E-state index in [4.69, 9.17) is 10.5 Å². The molecule has 0 aromatic carbocycles. The molecule has 0 spiro atoms. The van der Waals surface area contributed by atoms with Crippen LogP contribution >= 0.6 is 0 Å². The second-order valence-electron chi connectivity index (χ2n) is 4.23. The highest BCUT2D eigenvalue weighted by atomic mass is 16.5. The molecule has 2 heterocycles. The Bertz CT molecular complexity index is 548. The summed E-state index contributed by atoms with van der Waals surface area (Å²) in [5.41, 5.74) is 8.79. The SMILES string of the molecule is CCCn1ncc(OC)c1-c1cc(C)cnc1N. The molecule has 0 amide bonds. The zero-order valence-corrected chi connectivity index (χ0v) is 11.0. The van der Waals surface area contributed by atoms with Crippen LogP contribution in [0, 0.1) is 6.92 Å². The number of rotatable bonds is 4. The molecule has 0 atom stereocenters. The van der Waals surface area contributed by atoms with E-state index < -0.39 is 0 Å². The third-order valence-corrected chi connectivity index (χ3v) is 2.77. The highest BCUT2D eigenvalue weighted by Gasteiger charge is 2.16. The first-order valence-corrected chi connectivity index (χ1v) is 5.99. The van der Waals surface area contributed by atoms with Gasteiger partial charge in [0.1, 0.15) is 11.5 Å². The summed E-state index contributed by atoms with van der Waals surface area (Å²) in [5, 5.41) is 4.33. The number of hydrogen-bond acceptors (Lipinski definition) is 4. The lowest BCUT2D eigenvalue weighted by Gasteiger charge is -2.10. The van der Waals surface area contributed by atoms with E-state index in [1.54, 1.807) is 19.5 Å². The Balaban J connectivity index is 2.60. The molecule has 18 heavy (non-hydrogen) atoms. The van der Waals surface area contributed by atoms with Crippen molar-refractivity contribution in [2.24, 2.45) is 0 Å². The van der Waals surface area contributed by atoms with Gasteiger partial charge in [-0.15, -0.1) is 0 Å². The summed E-state index contributed by atoms with van der Waals surface area (Å²) in [5.74, 6) is 1.22. The Kier molecular flexibility index (Phi) is 3.50. The van der Waals surface area contributed by atoms with Crippen molar-refractivity contribution in [2.45, 2.75) is 26.8 Å². The topological polar surface area (TPSA) is 66.0 Å². The molecule has 0 aliphatic heterocycles. The zero-order valence-electron chi connectivity index (χ0n) is 11.0. The van der Waals surface area contributed by atoms with Crippen molar-refractivity contribution < 1.29 is 4.74 Å². The molecule has 96 valence electrons. The number of nitrogens with two attached hydrogens (primary N) is 1. The average Bonchev–Trinajstić information content (AvgIpc) is 2.75.